The Kier molecular flexibility index (Phi) is 3.89. The minimum Gasteiger partial charge on any atom is -0.364 e. The number of carbonyl (C=O) groups excluding carboxylic acids is 1. The fourth-order valence-corrected chi connectivity index (χ4v) is 0.989. The van der Waals surface area contributed by atoms with Crippen molar-refractivity contribution in [2.24, 2.45) is 0 Å². The van der Waals surface area contributed by atoms with Crippen LogP contribution in [0.15, 0.2) is 17.1 Å². The van der Waals surface area contributed by atoms with Crippen LogP contribution in [-0.4, -0.2) is 23.7 Å². The number of hydrogen-bond acceptors (Lipinski definition) is 3. The molecule has 0 saturated heterocycles. The van der Waals surface area contributed by atoms with E-state index in [1.807, 2.05) is 0 Å². The van der Waals surface area contributed by atoms with Gasteiger partial charge in [0.1, 0.15) is 5.56 Å². The van der Waals surface area contributed by atoms with Gasteiger partial charge in [-0.05, 0) is 6.92 Å². The van der Waals surface area contributed by atoms with Gasteiger partial charge in [0.2, 0.25) is 0 Å². The molecule has 0 fully saturated rings. The van der Waals surface area contributed by atoms with E-state index in [4.69, 9.17) is 0 Å². The lowest BCUT2D eigenvalue weighted by atomic mass is 10.2. The second-order valence-electron chi connectivity index (χ2n) is 3.23. The third kappa shape index (κ3) is 4.27. The van der Waals surface area contributed by atoms with E-state index >= 15 is 0 Å². The summed E-state index contributed by atoms with van der Waals surface area (Å²) in [5.41, 5.74) is 1.14. The van der Waals surface area contributed by atoms with Gasteiger partial charge in [-0.1, -0.05) is 0 Å². The highest BCUT2D eigenvalue weighted by Gasteiger charge is 2.28. The van der Waals surface area contributed by atoms with Crippen molar-refractivity contribution in [3.8, 4) is 0 Å². The standard InChI is InChI=1S/C9H9F3N2O3/c1-5-2-7(15)6(3-13-5)8(16)14-17-4-9(10,11)12/h2-3H,4H2,1H3,(H,13,15)(H,14,16). The van der Waals surface area contributed by atoms with E-state index < -0.39 is 24.1 Å². The second-order valence-corrected chi connectivity index (χ2v) is 3.23. The molecule has 5 nitrogen and oxygen atoms in total. The molecule has 1 heterocycles. The molecule has 0 spiro atoms. The first-order valence-electron chi connectivity index (χ1n) is 4.48. The van der Waals surface area contributed by atoms with Crippen molar-refractivity contribution in [3.05, 3.63) is 33.7 Å². The van der Waals surface area contributed by atoms with Crippen LogP contribution in [0.25, 0.3) is 0 Å². The first kappa shape index (κ1) is 13.2. The summed E-state index contributed by atoms with van der Waals surface area (Å²) in [6.45, 7) is -0.0221. The number of carbonyl (C=O) groups is 1. The van der Waals surface area contributed by atoms with Gasteiger partial charge in [0.05, 0.1) is 0 Å². The summed E-state index contributed by atoms with van der Waals surface area (Å²) in [6.07, 6.45) is -3.45. The normalized spacial score (nSPS) is 11.3. The zero-order chi connectivity index (χ0) is 13.1. The van der Waals surface area contributed by atoms with Gasteiger partial charge in [0.15, 0.2) is 12.0 Å². The van der Waals surface area contributed by atoms with E-state index in [-0.39, 0.29) is 5.56 Å². The molecule has 1 rings (SSSR count). The number of alkyl halides is 3. The third-order valence-corrected chi connectivity index (χ3v) is 1.70. The molecule has 94 valence electrons. The van der Waals surface area contributed by atoms with Crippen LogP contribution < -0.4 is 10.9 Å². The topological polar surface area (TPSA) is 71.2 Å². The zero-order valence-corrected chi connectivity index (χ0v) is 8.72. The van der Waals surface area contributed by atoms with E-state index in [2.05, 4.69) is 9.82 Å². The largest absolute Gasteiger partial charge is 0.414 e. The Hall–Kier alpha value is -1.83. The molecule has 0 aliphatic rings. The summed E-state index contributed by atoms with van der Waals surface area (Å²) in [7, 11) is 0. The first-order valence-corrected chi connectivity index (χ1v) is 4.48. The van der Waals surface area contributed by atoms with E-state index in [1.54, 1.807) is 6.92 Å². The summed E-state index contributed by atoms with van der Waals surface area (Å²) >= 11 is 0. The van der Waals surface area contributed by atoms with Crippen molar-refractivity contribution in [1.29, 1.82) is 0 Å². The Labute approximate surface area is 93.5 Å². The fraction of sp³-hybridized carbons (Fsp3) is 0.333. The van der Waals surface area contributed by atoms with Gasteiger partial charge in [-0.15, -0.1) is 0 Å². The van der Waals surface area contributed by atoms with Crippen molar-refractivity contribution in [2.75, 3.05) is 6.61 Å². The average Bonchev–Trinajstić information content (AvgIpc) is 2.15. The van der Waals surface area contributed by atoms with E-state index in [9.17, 15) is 22.8 Å². The number of hydroxylamine groups is 1. The van der Waals surface area contributed by atoms with Crippen LogP contribution in [0.5, 0.6) is 0 Å². The Morgan fingerprint density at radius 1 is 1.53 bits per heavy atom. The van der Waals surface area contributed by atoms with E-state index in [1.165, 1.54) is 5.48 Å². The van der Waals surface area contributed by atoms with Gasteiger partial charge in [0, 0.05) is 18.0 Å². The smallest absolute Gasteiger partial charge is 0.364 e. The average molecular weight is 250 g/mol. The number of rotatable bonds is 3. The second kappa shape index (κ2) is 5.00. The molecule has 2 N–H and O–H groups in total. The molecular weight excluding hydrogens is 241 g/mol. The van der Waals surface area contributed by atoms with Gasteiger partial charge in [-0.3, -0.25) is 14.4 Å². The monoisotopic (exact) mass is 250 g/mol. The summed E-state index contributed by atoms with van der Waals surface area (Å²) in [4.78, 5) is 29.0. The van der Waals surface area contributed by atoms with Crippen LogP contribution in [0.4, 0.5) is 13.2 Å². The third-order valence-electron chi connectivity index (χ3n) is 1.70. The van der Waals surface area contributed by atoms with Gasteiger partial charge >= 0.3 is 6.18 Å². The maximum atomic E-state index is 11.7. The number of pyridine rings is 1. The molecule has 0 radical (unpaired) electrons. The number of nitrogens with one attached hydrogen (secondary N) is 2. The fourth-order valence-electron chi connectivity index (χ4n) is 0.989. The lowest BCUT2D eigenvalue weighted by molar-refractivity contribution is -0.184. The highest BCUT2D eigenvalue weighted by atomic mass is 19.4. The Balaban J connectivity index is 2.62. The van der Waals surface area contributed by atoms with Crippen molar-refractivity contribution >= 4 is 5.91 Å². The Morgan fingerprint density at radius 2 is 2.18 bits per heavy atom. The zero-order valence-electron chi connectivity index (χ0n) is 8.72. The molecular formula is C9H9F3N2O3. The molecule has 1 aromatic heterocycles. The van der Waals surface area contributed by atoms with Crippen LogP contribution in [0, 0.1) is 6.92 Å². The Bertz CT molecular complexity index is 467. The molecule has 0 saturated carbocycles. The molecule has 1 aromatic rings. The summed E-state index contributed by atoms with van der Waals surface area (Å²) < 4.78 is 35.1. The number of aryl methyl sites for hydroxylation is 1. The predicted octanol–water partition coefficient (Wildman–Crippen LogP) is 0.907. The van der Waals surface area contributed by atoms with Crippen LogP contribution in [-0.2, 0) is 4.84 Å². The molecule has 0 unspecified atom stereocenters. The number of aromatic amines is 1. The summed E-state index contributed by atoms with van der Waals surface area (Å²) in [5.74, 6) is -1.03. The maximum absolute atomic E-state index is 11.7. The quantitative estimate of drug-likeness (QED) is 0.783. The van der Waals surface area contributed by atoms with Crippen molar-refractivity contribution in [1.82, 2.24) is 10.5 Å². The summed E-state index contributed by atoms with van der Waals surface area (Å²) in [5, 5.41) is 0. The molecule has 0 aliphatic heterocycles. The van der Waals surface area contributed by atoms with Crippen molar-refractivity contribution in [2.45, 2.75) is 13.1 Å². The molecule has 17 heavy (non-hydrogen) atoms. The number of H-pyrrole nitrogens is 1. The van der Waals surface area contributed by atoms with Gasteiger partial charge in [-0.25, -0.2) is 5.48 Å². The highest BCUT2D eigenvalue weighted by Crippen LogP contribution is 2.13. The molecule has 0 aromatic carbocycles. The molecule has 1 amide bonds. The van der Waals surface area contributed by atoms with Crippen LogP contribution in [0.3, 0.4) is 0 Å². The van der Waals surface area contributed by atoms with Crippen molar-refractivity contribution in [3.63, 3.8) is 0 Å². The molecule has 0 atom stereocenters. The minimum atomic E-state index is -4.55. The van der Waals surface area contributed by atoms with Gasteiger partial charge < -0.3 is 4.98 Å². The highest BCUT2D eigenvalue weighted by molar-refractivity contribution is 5.92. The SMILES string of the molecule is Cc1cc(=O)c(C(=O)NOCC(F)(F)F)c[nH]1. The van der Waals surface area contributed by atoms with Crippen LogP contribution in [0.1, 0.15) is 16.1 Å². The minimum absolute atomic E-state index is 0.322. The van der Waals surface area contributed by atoms with Gasteiger partial charge in [0.25, 0.3) is 5.91 Å². The number of aromatic nitrogens is 1. The lowest BCUT2D eigenvalue weighted by Crippen LogP contribution is -2.32. The molecule has 0 aliphatic carbocycles. The lowest BCUT2D eigenvalue weighted by Gasteiger charge is -2.07. The number of hydrogen-bond donors (Lipinski definition) is 2. The van der Waals surface area contributed by atoms with E-state index in [0.717, 1.165) is 12.3 Å². The predicted molar refractivity (Wildman–Crippen MR) is 51.3 cm³/mol. The molecule has 0 bridgehead atoms. The van der Waals surface area contributed by atoms with Crippen LogP contribution >= 0.6 is 0 Å². The number of amides is 1. The van der Waals surface area contributed by atoms with E-state index in [0.29, 0.717) is 5.69 Å². The summed E-state index contributed by atoms with van der Waals surface area (Å²) in [6, 6.07) is 1.15. The van der Waals surface area contributed by atoms with Crippen LogP contribution in [0.2, 0.25) is 0 Å². The number of halogens is 3. The maximum Gasteiger partial charge on any atom is 0.414 e. The first-order chi connectivity index (χ1) is 7.79. The Morgan fingerprint density at radius 3 is 2.71 bits per heavy atom. The van der Waals surface area contributed by atoms with Gasteiger partial charge in [-0.2, -0.15) is 13.2 Å². The molecule has 8 heteroatoms. The van der Waals surface area contributed by atoms with Crippen molar-refractivity contribution < 1.29 is 22.8 Å².